The Labute approximate surface area is 218 Å². The molecular formula is C29H24N2O7. The van der Waals surface area contributed by atoms with E-state index in [1.807, 2.05) is 6.07 Å². The second kappa shape index (κ2) is 8.87. The van der Waals surface area contributed by atoms with Gasteiger partial charge in [-0.05, 0) is 55.7 Å². The van der Waals surface area contributed by atoms with Gasteiger partial charge in [-0.25, -0.2) is 4.79 Å². The number of anilines is 1. The summed E-state index contributed by atoms with van der Waals surface area (Å²) in [6, 6.07) is 19.3. The van der Waals surface area contributed by atoms with Crippen LogP contribution in [0, 0.1) is 22.5 Å². The molecule has 2 aliphatic heterocycles. The average molecular weight is 513 g/mol. The van der Waals surface area contributed by atoms with Crippen LogP contribution in [0.25, 0.3) is 0 Å². The third kappa shape index (κ3) is 3.45. The topological polar surface area (TPSA) is 115 Å². The molecule has 9 heteroatoms. The predicted octanol–water partition coefficient (Wildman–Crippen LogP) is 4.70. The first-order chi connectivity index (χ1) is 18.4. The fourth-order valence-electron chi connectivity index (χ4n) is 5.95. The summed E-state index contributed by atoms with van der Waals surface area (Å²) in [5, 5.41) is 22.6. The molecule has 2 heterocycles. The first-order valence-electron chi connectivity index (χ1n) is 12.3. The summed E-state index contributed by atoms with van der Waals surface area (Å²) in [4.78, 5) is 25.9. The van der Waals surface area contributed by atoms with Crippen LogP contribution in [0.4, 0.5) is 16.2 Å². The van der Waals surface area contributed by atoms with E-state index in [1.165, 1.54) is 11.0 Å². The minimum Gasteiger partial charge on any atom is -0.489 e. The van der Waals surface area contributed by atoms with Crippen molar-refractivity contribution >= 4 is 17.5 Å². The number of benzene rings is 3. The molecule has 3 aromatic carbocycles. The monoisotopic (exact) mass is 512 g/mol. The average Bonchev–Trinajstić information content (AvgIpc) is 3.65. The number of para-hydroxylation sites is 2. The van der Waals surface area contributed by atoms with Crippen molar-refractivity contribution in [1.29, 1.82) is 0 Å². The van der Waals surface area contributed by atoms with Gasteiger partial charge >= 0.3 is 6.09 Å². The fourth-order valence-corrected chi connectivity index (χ4v) is 5.95. The Morgan fingerprint density at radius 2 is 1.92 bits per heavy atom. The minimum absolute atomic E-state index is 0.0375. The van der Waals surface area contributed by atoms with E-state index in [2.05, 4.69) is 5.92 Å². The number of aliphatic hydroxyl groups is 1. The number of carbonyl (C=O) groups excluding carboxylic acids is 1. The summed E-state index contributed by atoms with van der Waals surface area (Å²) in [7, 11) is 0. The Morgan fingerprint density at radius 3 is 2.68 bits per heavy atom. The highest BCUT2D eigenvalue weighted by Crippen LogP contribution is 2.70. The van der Waals surface area contributed by atoms with Crippen LogP contribution in [0.3, 0.4) is 0 Å². The van der Waals surface area contributed by atoms with Gasteiger partial charge in [-0.15, -0.1) is 6.42 Å². The number of nitro benzene ring substituents is 1. The minimum atomic E-state index is -1.08. The van der Waals surface area contributed by atoms with E-state index in [9.17, 15) is 20.0 Å². The predicted molar refractivity (Wildman–Crippen MR) is 137 cm³/mol. The third-order valence-corrected chi connectivity index (χ3v) is 7.64. The molecule has 4 atom stereocenters. The smallest absolute Gasteiger partial charge is 0.420 e. The van der Waals surface area contributed by atoms with Crippen LogP contribution in [-0.2, 0) is 16.9 Å². The molecule has 1 N–H and O–H groups in total. The quantitative estimate of drug-likeness (QED) is 0.228. The second-order valence-electron chi connectivity index (χ2n) is 9.61. The summed E-state index contributed by atoms with van der Waals surface area (Å²) in [6.45, 7) is -0.0375. The number of rotatable bonds is 5. The molecule has 0 spiro atoms. The zero-order chi connectivity index (χ0) is 26.5. The molecule has 2 fully saturated rings. The van der Waals surface area contributed by atoms with Gasteiger partial charge in [-0.1, -0.05) is 36.3 Å². The van der Waals surface area contributed by atoms with Crippen molar-refractivity contribution < 1.29 is 29.0 Å². The highest BCUT2D eigenvalue weighted by Gasteiger charge is 2.82. The summed E-state index contributed by atoms with van der Waals surface area (Å²) in [5.74, 6) is 3.51. The SMILES string of the molecule is C#CC1N(C(=O)Oc2ccccc2)c2ccc(OCc3ccccc3[N+](=O)[O-])cc2C23OC12CCCC3O. The van der Waals surface area contributed by atoms with Crippen LogP contribution >= 0.6 is 0 Å². The van der Waals surface area contributed by atoms with Crippen LogP contribution in [0.1, 0.15) is 30.4 Å². The number of terminal acetylenes is 1. The maximum atomic E-state index is 13.5. The first kappa shape index (κ1) is 24.0. The zero-order valence-corrected chi connectivity index (χ0v) is 20.3. The molecular weight excluding hydrogens is 488 g/mol. The number of nitro groups is 1. The molecule has 6 rings (SSSR count). The highest BCUT2D eigenvalue weighted by atomic mass is 16.7. The van der Waals surface area contributed by atoms with Gasteiger partial charge in [0.25, 0.3) is 5.69 Å². The molecule has 192 valence electrons. The van der Waals surface area contributed by atoms with Gasteiger partial charge in [0.1, 0.15) is 29.7 Å². The maximum Gasteiger partial charge on any atom is 0.420 e. The molecule has 1 saturated carbocycles. The number of nitrogens with zero attached hydrogens (tertiary/aromatic N) is 2. The van der Waals surface area contributed by atoms with Crippen molar-refractivity contribution in [3.63, 3.8) is 0 Å². The highest BCUT2D eigenvalue weighted by molar-refractivity contribution is 5.94. The van der Waals surface area contributed by atoms with Crippen LogP contribution in [0.15, 0.2) is 72.8 Å². The second-order valence-corrected chi connectivity index (χ2v) is 9.61. The lowest BCUT2D eigenvalue weighted by Gasteiger charge is -2.43. The fraction of sp³-hybridized carbons (Fsp3) is 0.276. The molecule has 1 aliphatic carbocycles. The lowest BCUT2D eigenvalue weighted by atomic mass is 9.67. The number of ether oxygens (including phenoxy) is 3. The molecule has 0 radical (unpaired) electrons. The standard InChI is InChI=1S/C29H24N2O7/c1-2-25-28-16-8-13-26(32)29(28,38-28)22-17-21(36-18-19-9-6-7-12-23(19)31(34)35)14-15-24(22)30(25)27(33)37-20-10-4-3-5-11-20/h1,3-7,9-12,14-15,17,25-26,32H,8,13,16,18H2. The molecule has 0 bridgehead atoms. The number of amides is 1. The Morgan fingerprint density at radius 1 is 1.16 bits per heavy atom. The Hall–Kier alpha value is -4.39. The van der Waals surface area contributed by atoms with E-state index in [-0.39, 0.29) is 12.3 Å². The Balaban J connectivity index is 1.39. The van der Waals surface area contributed by atoms with Crippen molar-refractivity contribution in [1.82, 2.24) is 0 Å². The zero-order valence-electron chi connectivity index (χ0n) is 20.3. The first-order valence-corrected chi connectivity index (χ1v) is 12.3. The summed E-state index contributed by atoms with van der Waals surface area (Å²) >= 11 is 0. The number of hydrogen-bond donors (Lipinski definition) is 1. The molecule has 3 aliphatic rings. The molecule has 1 amide bonds. The maximum absolute atomic E-state index is 13.5. The molecule has 1 saturated heterocycles. The lowest BCUT2D eigenvalue weighted by Crippen LogP contribution is -2.58. The number of fused-ring (bicyclic) bond motifs is 1. The van der Waals surface area contributed by atoms with Crippen LogP contribution in [-0.4, -0.2) is 33.9 Å². The number of epoxide rings is 1. The van der Waals surface area contributed by atoms with E-state index < -0.39 is 34.4 Å². The molecule has 9 nitrogen and oxygen atoms in total. The van der Waals surface area contributed by atoms with E-state index >= 15 is 0 Å². The van der Waals surface area contributed by atoms with Gasteiger partial charge in [-0.3, -0.25) is 15.0 Å². The van der Waals surface area contributed by atoms with E-state index in [1.54, 1.807) is 60.7 Å². The number of carbonyl (C=O) groups is 1. The summed E-state index contributed by atoms with van der Waals surface area (Å²) in [6.07, 6.45) is 6.27. The molecule has 3 aromatic rings. The number of hydrogen-bond acceptors (Lipinski definition) is 7. The third-order valence-electron chi connectivity index (χ3n) is 7.64. The van der Waals surface area contributed by atoms with Gasteiger partial charge in [0.05, 0.1) is 22.3 Å². The Kier molecular flexibility index (Phi) is 5.60. The lowest BCUT2D eigenvalue weighted by molar-refractivity contribution is -0.385. The van der Waals surface area contributed by atoms with E-state index in [0.717, 1.165) is 0 Å². The molecule has 38 heavy (non-hydrogen) atoms. The van der Waals surface area contributed by atoms with Crippen LogP contribution in [0.5, 0.6) is 11.5 Å². The van der Waals surface area contributed by atoms with Gasteiger partial charge in [0.2, 0.25) is 0 Å². The van der Waals surface area contributed by atoms with Gasteiger partial charge in [-0.2, -0.15) is 0 Å². The van der Waals surface area contributed by atoms with E-state index in [4.69, 9.17) is 20.6 Å². The summed E-state index contributed by atoms with van der Waals surface area (Å²) < 4.78 is 18.0. The largest absolute Gasteiger partial charge is 0.489 e. The summed E-state index contributed by atoms with van der Waals surface area (Å²) in [5.41, 5.74) is -0.632. The van der Waals surface area contributed by atoms with Gasteiger partial charge < -0.3 is 19.3 Å². The van der Waals surface area contributed by atoms with Crippen molar-refractivity contribution in [2.45, 2.75) is 49.2 Å². The van der Waals surface area contributed by atoms with Crippen LogP contribution in [0.2, 0.25) is 0 Å². The normalized spacial score (nSPS) is 26.7. The van der Waals surface area contributed by atoms with Crippen molar-refractivity contribution in [3.8, 4) is 23.8 Å². The van der Waals surface area contributed by atoms with Crippen molar-refractivity contribution in [2.75, 3.05) is 4.90 Å². The van der Waals surface area contributed by atoms with Crippen LogP contribution < -0.4 is 14.4 Å². The van der Waals surface area contributed by atoms with E-state index in [0.29, 0.717) is 47.6 Å². The van der Waals surface area contributed by atoms with Gasteiger partial charge in [0.15, 0.2) is 5.60 Å². The molecule has 4 unspecified atom stereocenters. The Bertz CT molecular complexity index is 1470. The number of aliphatic hydroxyl groups excluding tert-OH is 1. The van der Waals surface area contributed by atoms with Crippen molar-refractivity contribution in [3.05, 3.63) is 94.0 Å². The van der Waals surface area contributed by atoms with Crippen molar-refractivity contribution in [2.24, 2.45) is 0 Å². The van der Waals surface area contributed by atoms with Gasteiger partial charge in [0, 0.05) is 11.6 Å². The molecule has 0 aromatic heterocycles.